The fourth-order valence-electron chi connectivity index (χ4n) is 0.504. The zero-order valence-corrected chi connectivity index (χ0v) is 5.87. The van der Waals surface area contributed by atoms with Crippen molar-refractivity contribution in [3.63, 3.8) is 0 Å². The maximum Gasteiger partial charge on any atom is 0.409 e. The Labute approximate surface area is 59.4 Å². The summed E-state index contributed by atoms with van der Waals surface area (Å²) in [6, 6.07) is 0. The van der Waals surface area contributed by atoms with Gasteiger partial charge in [0.25, 0.3) is 0 Å². The summed E-state index contributed by atoms with van der Waals surface area (Å²) in [6.07, 6.45) is -1.13. The van der Waals surface area contributed by atoms with Gasteiger partial charge in [0.05, 0.1) is 0 Å². The number of amides is 1. The quantitative estimate of drug-likeness (QED) is 0.449. The third-order valence-electron chi connectivity index (χ3n) is 0.902. The van der Waals surface area contributed by atoms with E-state index in [2.05, 4.69) is 6.58 Å². The molecule has 0 rings (SSSR count). The van der Waals surface area contributed by atoms with Crippen molar-refractivity contribution in [2.24, 2.45) is 0 Å². The van der Waals surface area contributed by atoms with Gasteiger partial charge < -0.3 is 10.2 Å². The first-order valence-corrected chi connectivity index (χ1v) is 2.81. The van der Waals surface area contributed by atoms with Gasteiger partial charge in [-0.15, -0.1) is 0 Å². The Bertz CT molecular complexity index is 144. The number of aliphatic hydroxyl groups is 1. The molecular formula is C6H11NO3. The van der Waals surface area contributed by atoms with E-state index in [1.807, 2.05) is 0 Å². The zero-order valence-electron chi connectivity index (χ0n) is 5.87. The molecule has 0 bridgehead atoms. The monoisotopic (exact) mass is 145 g/mol. The van der Waals surface area contributed by atoms with Crippen LogP contribution in [0.15, 0.2) is 12.2 Å². The summed E-state index contributed by atoms with van der Waals surface area (Å²) in [4.78, 5) is 11.1. The smallest absolute Gasteiger partial charge is 0.409 e. The first-order chi connectivity index (χ1) is 4.57. The van der Waals surface area contributed by atoms with Crippen LogP contribution in [0.4, 0.5) is 4.79 Å². The normalized spacial score (nSPS) is 9.00. The lowest BCUT2D eigenvalue weighted by Crippen LogP contribution is -2.31. The van der Waals surface area contributed by atoms with Crippen LogP contribution in [0.3, 0.4) is 0 Å². The summed E-state index contributed by atoms with van der Waals surface area (Å²) in [5.41, 5.74) is 0.705. The fourth-order valence-corrected chi connectivity index (χ4v) is 0.504. The predicted octanol–water partition coefficient (Wildman–Crippen LogP) is 0.492. The Kier molecular flexibility index (Phi) is 3.49. The highest BCUT2D eigenvalue weighted by Gasteiger charge is 2.08. The second kappa shape index (κ2) is 3.90. The minimum atomic E-state index is -1.13. The first kappa shape index (κ1) is 8.97. The summed E-state index contributed by atoms with van der Waals surface area (Å²) in [7, 11) is 0. The van der Waals surface area contributed by atoms with E-state index in [4.69, 9.17) is 10.2 Å². The Balaban J connectivity index is 3.83. The van der Waals surface area contributed by atoms with Gasteiger partial charge in [-0.3, -0.25) is 4.90 Å². The van der Waals surface area contributed by atoms with E-state index >= 15 is 0 Å². The van der Waals surface area contributed by atoms with Gasteiger partial charge >= 0.3 is 6.09 Å². The average Bonchev–Trinajstić information content (AvgIpc) is 1.81. The van der Waals surface area contributed by atoms with Crippen molar-refractivity contribution in [2.45, 2.75) is 6.92 Å². The van der Waals surface area contributed by atoms with Crippen molar-refractivity contribution in [3.05, 3.63) is 12.2 Å². The third-order valence-corrected chi connectivity index (χ3v) is 0.902. The third kappa shape index (κ3) is 3.09. The van der Waals surface area contributed by atoms with Crippen molar-refractivity contribution < 1.29 is 15.0 Å². The van der Waals surface area contributed by atoms with Gasteiger partial charge in [0.2, 0.25) is 0 Å². The molecule has 2 N–H and O–H groups in total. The van der Waals surface area contributed by atoms with Crippen LogP contribution in [0.2, 0.25) is 0 Å². The molecule has 0 atom stereocenters. The van der Waals surface area contributed by atoms with Crippen LogP contribution in [0.5, 0.6) is 0 Å². The lowest BCUT2D eigenvalue weighted by Gasteiger charge is -2.14. The Hall–Kier alpha value is -1.03. The molecule has 1 amide bonds. The van der Waals surface area contributed by atoms with E-state index in [-0.39, 0.29) is 6.54 Å². The number of aliphatic hydroxyl groups excluding tert-OH is 1. The van der Waals surface area contributed by atoms with E-state index in [1.165, 1.54) is 0 Å². The van der Waals surface area contributed by atoms with Crippen molar-refractivity contribution in [3.8, 4) is 0 Å². The highest BCUT2D eigenvalue weighted by Crippen LogP contribution is 1.93. The van der Waals surface area contributed by atoms with Crippen molar-refractivity contribution >= 4 is 6.09 Å². The summed E-state index contributed by atoms with van der Waals surface area (Å²) >= 11 is 0. The van der Waals surface area contributed by atoms with Gasteiger partial charge in [0.1, 0.15) is 6.73 Å². The first-order valence-electron chi connectivity index (χ1n) is 2.81. The molecule has 4 nitrogen and oxygen atoms in total. The van der Waals surface area contributed by atoms with Crippen LogP contribution >= 0.6 is 0 Å². The van der Waals surface area contributed by atoms with E-state index in [0.29, 0.717) is 5.57 Å². The van der Waals surface area contributed by atoms with Crippen LogP contribution in [0, 0.1) is 0 Å². The molecule has 10 heavy (non-hydrogen) atoms. The van der Waals surface area contributed by atoms with Crippen molar-refractivity contribution in [1.29, 1.82) is 0 Å². The molecule has 0 spiro atoms. The summed E-state index contributed by atoms with van der Waals surface area (Å²) in [5, 5.41) is 16.8. The lowest BCUT2D eigenvalue weighted by atomic mass is 10.3. The largest absolute Gasteiger partial charge is 0.465 e. The van der Waals surface area contributed by atoms with E-state index in [9.17, 15) is 4.79 Å². The SMILES string of the molecule is C=C(C)CN(CO)C(=O)O. The molecule has 58 valence electrons. The van der Waals surface area contributed by atoms with Crippen LogP contribution in [-0.4, -0.2) is 34.5 Å². The molecule has 0 radical (unpaired) electrons. The molecule has 0 aromatic rings. The second-order valence-electron chi connectivity index (χ2n) is 2.08. The van der Waals surface area contributed by atoms with Crippen LogP contribution in [0.25, 0.3) is 0 Å². The molecule has 0 fully saturated rings. The van der Waals surface area contributed by atoms with E-state index in [1.54, 1.807) is 6.92 Å². The Morgan fingerprint density at radius 3 is 2.30 bits per heavy atom. The summed E-state index contributed by atoms with van der Waals surface area (Å²) < 4.78 is 0. The van der Waals surface area contributed by atoms with Gasteiger partial charge in [-0.2, -0.15) is 0 Å². The van der Waals surface area contributed by atoms with Gasteiger partial charge in [-0.1, -0.05) is 12.2 Å². The number of nitrogens with zero attached hydrogens (tertiary/aromatic N) is 1. The Morgan fingerprint density at radius 1 is 1.70 bits per heavy atom. The van der Waals surface area contributed by atoms with Crippen molar-refractivity contribution in [2.75, 3.05) is 13.3 Å². The highest BCUT2D eigenvalue weighted by atomic mass is 16.4. The maximum atomic E-state index is 10.2. The van der Waals surface area contributed by atoms with Gasteiger partial charge in [-0.25, -0.2) is 4.79 Å². The van der Waals surface area contributed by atoms with Gasteiger partial charge in [0, 0.05) is 6.54 Å². The molecular weight excluding hydrogens is 134 g/mol. The molecule has 4 heteroatoms. The van der Waals surface area contributed by atoms with Crippen LogP contribution in [0.1, 0.15) is 6.92 Å². The highest BCUT2D eigenvalue weighted by molar-refractivity contribution is 5.65. The van der Waals surface area contributed by atoms with Crippen LogP contribution in [-0.2, 0) is 0 Å². The molecule has 0 aliphatic rings. The number of rotatable bonds is 3. The minimum Gasteiger partial charge on any atom is -0.465 e. The molecule has 0 unspecified atom stereocenters. The summed E-state index contributed by atoms with van der Waals surface area (Å²) in [6.45, 7) is 4.91. The van der Waals surface area contributed by atoms with Crippen molar-refractivity contribution in [1.82, 2.24) is 4.90 Å². The standard InChI is InChI=1S/C6H11NO3/c1-5(2)3-7(4-8)6(9)10/h8H,1,3-4H2,2H3,(H,9,10). The molecule has 0 aromatic heterocycles. The molecule has 0 aliphatic carbocycles. The van der Waals surface area contributed by atoms with E-state index < -0.39 is 12.8 Å². The zero-order chi connectivity index (χ0) is 8.15. The van der Waals surface area contributed by atoms with Crippen LogP contribution < -0.4 is 0 Å². The second-order valence-corrected chi connectivity index (χ2v) is 2.08. The molecule has 0 saturated carbocycles. The molecule has 0 aliphatic heterocycles. The molecule has 0 saturated heterocycles. The van der Waals surface area contributed by atoms with Gasteiger partial charge in [0.15, 0.2) is 0 Å². The maximum absolute atomic E-state index is 10.2. The predicted molar refractivity (Wildman–Crippen MR) is 36.6 cm³/mol. The summed E-state index contributed by atoms with van der Waals surface area (Å²) in [5.74, 6) is 0. The fraction of sp³-hybridized carbons (Fsp3) is 0.500. The topological polar surface area (TPSA) is 60.8 Å². The Morgan fingerprint density at radius 2 is 2.20 bits per heavy atom. The number of hydrogen-bond donors (Lipinski definition) is 2. The lowest BCUT2D eigenvalue weighted by molar-refractivity contribution is 0.0945. The number of carbonyl (C=O) groups is 1. The number of carboxylic acid groups (broad SMARTS) is 1. The molecule has 0 heterocycles. The van der Waals surface area contributed by atoms with E-state index in [0.717, 1.165) is 4.90 Å². The molecule has 0 aromatic carbocycles. The van der Waals surface area contributed by atoms with Gasteiger partial charge in [-0.05, 0) is 6.92 Å². The minimum absolute atomic E-state index is 0.186. The average molecular weight is 145 g/mol. The number of hydrogen-bond acceptors (Lipinski definition) is 2.